The number of nitrogens with zero attached hydrogens (tertiary/aromatic N) is 1. The zero-order valence-corrected chi connectivity index (χ0v) is 7.54. The van der Waals surface area contributed by atoms with E-state index >= 15 is 0 Å². The molecule has 1 fully saturated rings. The smallest absolute Gasteiger partial charge is 0.102 e. The molecule has 1 rings (SSSR count). The van der Waals surface area contributed by atoms with Crippen LogP contribution < -0.4 is 5.32 Å². The quantitative estimate of drug-likeness (QED) is 0.568. The van der Waals surface area contributed by atoms with Crippen LogP contribution in [-0.4, -0.2) is 41.4 Å². The van der Waals surface area contributed by atoms with E-state index in [-0.39, 0.29) is 6.23 Å². The summed E-state index contributed by atoms with van der Waals surface area (Å²) in [6.07, 6.45) is -0.366. The molecule has 1 aliphatic heterocycles. The Morgan fingerprint density at radius 2 is 1.91 bits per heavy atom. The zero-order chi connectivity index (χ0) is 8.43. The molecule has 3 nitrogen and oxygen atoms in total. The first-order chi connectivity index (χ1) is 5.09. The van der Waals surface area contributed by atoms with Gasteiger partial charge in [-0.25, -0.2) is 0 Å². The predicted octanol–water partition coefficient (Wildman–Crippen LogP) is 0.00690. The third kappa shape index (κ3) is 2.43. The van der Waals surface area contributed by atoms with E-state index in [0.717, 1.165) is 13.1 Å². The van der Waals surface area contributed by atoms with Gasteiger partial charge in [-0.15, -0.1) is 0 Å². The molecule has 0 aromatic carbocycles. The lowest BCUT2D eigenvalue weighted by atomic mass is 10.1. The summed E-state index contributed by atoms with van der Waals surface area (Å²) in [7, 11) is 0. The van der Waals surface area contributed by atoms with Gasteiger partial charge in [0.15, 0.2) is 0 Å². The van der Waals surface area contributed by atoms with E-state index in [1.807, 2.05) is 0 Å². The highest BCUT2D eigenvalue weighted by Crippen LogP contribution is 2.11. The summed E-state index contributed by atoms with van der Waals surface area (Å²) in [6, 6.07) is 1.14. The van der Waals surface area contributed by atoms with E-state index in [4.69, 9.17) is 5.11 Å². The van der Waals surface area contributed by atoms with Crippen LogP contribution in [0.25, 0.3) is 0 Å². The molecule has 0 aliphatic carbocycles. The van der Waals surface area contributed by atoms with Crippen LogP contribution in [0, 0.1) is 0 Å². The van der Waals surface area contributed by atoms with Crippen molar-refractivity contribution in [1.82, 2.24) is 10.2 Å². The molecule has 0 amide bonds. The minimum Gasteiger partial charge on any atom is -0.379 e. The van der Waals surface area contributed by atoms with Crippen LogP contribution in [0.15, 0.2) is 0 Å². The molecule has 66 valence electrons. The van der Waals surface area contributed by atoms with Crippen molar-refractivity contribution in [2.45, 2.75) is 39.1 Å². The summed E-state index contributed by atoms with van der Waals surface area (Å²) in [5, 5.41) is 12.1. The molecule has 1 aliphatic rings. The molecule has 11 heavy (non-hydrogen) atoms. The Balaban J connectivity index is 2.09. The number of likely N-dealkylation sites (tertiary alicyclic amines) is 1. The van der Waals surface area contributed by atoms with Gasteiger partial charge in [-0.2, -0.15) is 0 Å². The fourth-order valence-electron chi connectivity index (χ4n) is 1.38. The van der Waals surface area contributed by atoms with Crippen molar-refractivity contribution in [1.29, 1.82) is 0 Å². The van der Waals surface area contributed by atoms with Crippen LogP contribution in [0.1, 0.15) is 20.8 Å². The molecular formula is C8H18N2O. The molecule has 0 radical (unpaired) electrons. The van der Waals surface area contributed by atoms with Crippen LogP contribution in [0.3, 0.4) is 0 Å². The number of hydrogen-bond donors (Lipinski definition) is 2. The lowest BCUT2D eigenvalue weighted by molar-refractivity contribution is 0.0475. The van der Waals surface area contributed by atoms with Gasteiger partial charge in [-0.3, -0.25) is 10.2 Å². The van der Waals surface area contributed by atoms with Crippen molar-refractivity contribution in [3.8, 4) is 0 Å². The average molecular weight is 158 g/mol. The van der Waals surface area contributed by atoms with E-state index in [9.17, 15) is 0 Å². The Hall–Kier alpha value is -0.120. The maximum absolute atomic E-state index is 8.98. The largest absolute Gasteiger partial charge is 0.379 e. The molecule has 1 heterocycles. The van der Waals surface area contributed by atoms with Gasteiger partial charge in [0.25, 0.3) is 0 Å². The number of rotatable bonds is 3. The molecule has 0 spiro atoms. The van der Waals surface area contributed by atoms with Gasteiger partial charge in [-0.1, -0.05) is 0 Å². The molecule has 0 aromatic rings. The van der Waals surface area contributed by atoms with Crippen LogP contribution in [0.5, 0.6) is 0 Å². The van der Waals surface area contributed by atoms with Crippen molar-refractivity contribution in [3.63, 3.8) is 0 Å². The number of aliphatic hydroxyl groups is 1. The summed E-state index contributed by atoms with van der Waals surface area (Å²) < 4.78 is 0. The minimum absolute atomic E-state index is 0.366. The number of aliphatic hydroxyl groups excluding tert-OH is 1. The molecule has 0 aromatic heterocycles. The van der Waals surface area contributed by atoms with Gasteiger partial charge in [0.05, 0.1) is 0 Å². The van der Waals surface area contributed by atoms with E-state index < -0.39 is 0 Å². The highest BCUT2D eigenvalue weighted by molar-refractivity contribution is 4.87. The van der Waals surface area contributed by atoms with Crippen molar-refractivity contribution in [2.24, 2.45) is 0 Å². The maximum atomic E-state index is 8.98. The lowest BCUT2D eigenvalue weighted by Gasteiger charge is -2.43. The van der Waals surface area contributed by atoms with Crippen molar-refractivity contribution < 1.29 is 5.11 Å². The normalized spacial score (nSPS) is 23.7. The SMILES string of the molecule is CC(O)NC1CN(C(C)C)C1. The number of hydrogen-bond acceptors (Lipinski definition) is 3. The third-order valence-electron chi connectivity index (χ3n) is 2.12. The molecule has 1 saturated heterocycles. The molecule has 1 unspecified atom stereocenters. The van der Waals surface area contributed by atoms with Gasteiger partial charge in [0.1, 0.15) is 6.23 Å². The van der Waals surface area contributed by atoms with Crippen LogP contribution >= 0.6 is 0 Å². The summed E-state index contributed by atoms with van der Waals surface area (Å²) in [6.45, 7) is 8.29. The standard InChI is InChI=1S/C8H18N2O/c1-6(2)10-4-8(5-10)9-7(3)11/h6-9,11H,4-5H2,1-3H3. The summed E-state index contributed by atoms with van der Waals surface area (Å²) in [5.74, 6) is 0. The lowest BCUT2D eigenvalue weighted by Crippen LogP contribution is -2.61. The number of nitrogens with one attached hydrogen (secondary N) is 1. The molecule has 1 atom stereocenters. The van der Waals surface area contributed by atoms with Crippen LogP contribution in [0.4, 0.5) is 0 Å². The topological polar surface area (TPSA) is 35.5 Å². The Kier molecular flexibility index (Phi) is 2.87. The molecule has 0 bridgehead atoms. The van der Waals surface area contributed by atoms with E-state index in [2.05, 4.69) is 24.1 Å². The zero-order valence-electron chi connectivity index (χ0n) is 7.54. The minimum atomic E-state index is -0.366. The molecule has 0 saturated carbocycles. The Labute approximate surface area is 68.4 Å². The second kappa shape index (κ2) is 3.52. The fourth-order valence-corrected chi connectivity index (χ4v) is 1.38. The molecule has 2 N–H and O–H groups in total. The maximum Gasteiger partial charge on any atom is 0.102 e. The Morgan fingerprint density at radius 1 is 1.36 bits per heavy atom. The van der Waals surface area contributed by atoms with Crippen molar-refractivity contribution in [2.75, 3.05) is 13.1 Å². The highest BCUT2D eigenvalue weighted by atomic mass is 16.3. The summed E-state index contributed by atoms with van der Waals surface area (Å²) >= 11 is 0. The third-order valence-corrected chi connectivity index (χ3v) is 2.12. The van der Waals surface area contributed by atoms with Crippen molar-refractivity contribution >= 4 is 0 Å². The average Bonchev–Trinajstić information content (AvgIpc) is 1.75. The molecule has 3 heteroatoms. The Morgan fingerprint density at radius 3 is 2.27 bits per heavy atom. The summed E-state index contributed by atoms with van der Waals surface area (Å²) in [5.41, 5.74) is 0. The first-order valence-electron chi connectivity index (χ1n) is 4.27. The van der Waals surface area contributed by atoms with Gasteiger partial charge < -0.3 is 5.11 Å². The van der Waals surface area contributed by atoms with Gasteiger partial charge in [0.2, 0.25) is 0 Å². The fraction of sp³-hybridized carbons (Fsp3) is 1.00. The summed E-state index contributed by atoms with van der Waals surface area (Å²) in [4.78, 5) is 2.38. The van der Waals surface area contributed by atoms with Gasteiger partial charge in [0, 0.05) is 25.2 Å². The monoisotopic (exact) mass is 158 g/mol. The van der Waals surface area contributed by atoms with E-state index in [0.29, 0.717) is 12.1 Å². The second-order valence-electron chi connectivity index (χ2n) is 3.59. The van der Waals surface area contributed by atoms with E-state index in [1.54, 1.807) is 6.92 Å². The van der Waals surface area contributed by atoms with Crippen molar-refractivity contribution in [3.05, 3.63) is 0 Å². The first-order valence-corrected chi connectivity index (χ1v) is 4.27. The van der Waals surface area contributed by atoms with Crippen LogP contribution in [-0.2, 0) is 0 Å². The van der Waals surface area contributed by atoms with Gasteiger partial charge in [-0.05, 0) is 20.8 Å². The molecular weight excluding hydrogens is 140 g/mol. The Bertz CT molecular complexity index is 119. The highest BCUT2D eigenvalue weighted by Gasteiger charge is 2.28. The van der Waals surface area contributed by atoms with Gasteiger partial charge >= 0.3 is 0 Å². The van der Waals surface area contributed by atoms with E-state index in [1.165, 1.54) is 0 Å². The second-order valence-corrected chi connectivity index (χ2v) is 3.59. The van der Waals surface area contributed by atoms with Crippen LogP contribution in [0.2, 0.25) is 0 Å². The predicted molar refractivity (Wildman–Crippen MR) is 45.3 cm³/mol. The first kappa shape index (κ1) is 8.97.